The number of H-pyrrole nitrogens is 1. The predicted octanol–water partition coefficient (Wildman–Crippen LogP) is 1.97. The van der Waals surface area contributed by atoms with Crippen molar-refractivity contribution in [3.63, 3.8) is 0 Å². The molecule has 0 aliphatic rings. The number of hydrogen-bond acceptors (Lipinski definition) is 2. The summed E-state index contributed by atoms with van der Waals surface area (Å²) in [5.41, 5.74) is 3.23. The SMILES string of the molecule is O=c1[nH]c2ccccc2n1-c1ccc2nccn2c1. The van der Waals surface area contributed by atoms with Gasteiger partial charge < -0.3 is 9.38 Å². The summed E-state index contributed by atoms with van der Waals surface area (Å²) in [6.07, 6.45) is 5.49. The lowest BCUT2D eigenvalue weighted by Crippen LogP contribution is -2.14. The van der Waals surface area contributed by atoms with E-state index in [0.29, 0.717) is 0 Å². The molecule has 0 saturated heterocycles. The fourth-order valence-electron chi connectivity index (χ4n) is 2.35. The zero-order valence-corrected chi connectivity index (χ0v) is 9.95. The quantitative estimate of drug-likeness (QED) is 0.561. The number of rotatable bonds is 1. The molecule has 0 spiro atoms. The van der Waals surface area contributed by atoms with Crippen molar-refractivity contribution >= 4 is 16.7 Å². The first-order valence-electron chi connectivity index (χ1n) is 5.96. The Balaban J connectivity index is 2.08. The first-order valence-corrected chi connectivity index (χ1v) is 5.96. The van der Waals surface area contributed by atoms with Crippen LogP contribution < -0.4 is 5.69 Å². The van der Waals surface area contributed by atoms with Gasteiger partial charge in [0.05, 0.1) is 16.7 Å². The van der Waals surface area contributed by atoms with E-state index >= 15 is 0 Å². The van der Waals surface area contributed by atoms with Crippen LogP contribution in [0.1, 0.15) is 0 Å². The minimum Gasteiger partial charge on any atom is -0.305 e. The van der Waals surface area contributed by atoms with Crippen molar-refractivity contribution < 1.29 is 0 Å². The lowest BCUT2D eigenvalue weighted by molar-refractivity contribution is 0.993. The Morgan fingerprint density at radius 2 is 2.00 bits per heavy atom. The third kappa shape index (κ3) is 1.41. The highest BCUT2D eigenvalue weighted by molar-refractivity contribution is 5.77. The van der Waals surface area contributed by atoms with Gasteiger partial charge in [-0.2, -0.15) is 0 Å². The van der Waals surface area contributed by atoms with Crippen molar-refractivity contribution in [3.05, 3.63) is 65.5 Å². The average molecular weight is 250 g/mol. The van der Waals surface area contributed by atoms with Crippen LogP contribution in [0.4, 0.5) is 0 Å². The van der Waals surface area contributed by atoms with E-state index in [-0.39, 0.29) is 5.69 Å². The number of nitrogens with zero attached hydrogens (tertiary/aromatic N) is 3. The van der Waals surface area contributed by atoms with Gasteiger partial charge in [0, 0.05) is 18.6 Å². The molecule has 0 atom stereocenters. The normalized spacial score (nSPS) is 11.4. The average Bonchev–Trinajstić information content (AvgIpc) is 3.00. The summed E-state index contributed by atoms with van der Waals surface area (Å²) in [5.74, 6) is 0. The Hall–Kier alpha value is -2.82. The number of nitrogens with one attached hydrogen (secondary N) is 1. The van der Waals surface area contributed by atoms with E-state index < -0.39 is 0 Å². The second kappa shape index (κ2) is 3.58. The lowest BCUT2D eigenvalue weighted by Gasteiger charge is -2.04. The van der Waals surface area contributed by atoms with Crippen LogP contribution in [0.2, 0.25) is 0 Å². The maximum atomic E-state index is 12.1. The summed E-state index contributed by atoms with van der Waals surface area (Å²) < 4.78 is 3.55. The van der Waals surface area contributed by atoms with E-state index in [9.17, 15) is 4.79 Å². The number of imidazole rings is 2. The molecule has 19 heavy (non-hydrogen) atoms. The maximum Gasteiger partial charge on any atom is 0.331 e. The Labute approximate surface area is 107 Å². The Bertz CT molecular complexity index is 945. The predicted molar refractivity (Wildman–Crippen MR) is 72.6 cm³/mol. The van der Waals surface area contributed by atoms with Crippen LogP contribution in [0.5, 0.6) is 0 Å². The van der Waals surface area contributed by atoms with Gasteiger partial charge in [0.1, 0.15) is 5.65 Å². The highest BCUT2D eigenvalue weighted by Gasteiger charge is 2.08. The van der Waals surface area contributed by atoms with Gasteiger partial charge in [-0.05, 0) is 24.3 Å². The molecule has 5 nitrogen and oxygen atoms in total. The molecule has 0 aliphatic heterocycles. The molecule has 0 bridgehead atoms. The van der Waals surface area contributed by atoms with Gasteiger partial charge >= 0.3 is 5.69 Å². The number of hydrogen-bond donors (Lipinski definition) is 1. The molecular weight excluding hydrogens is 240 g/mol. The second-order valence-electron chi connectivity index (χ2n) is 4.36. The molecule has 92 valence electrons. The van der Waals surface area contributed by atoms with E-state index in [1.54, 1.807) is 10.8 Å². The molecule has 3 heterocycles. The molecule has 4 aromatic rings. The minimum atomic E-state index is -0.138. The van der Waals surface area contributed by atoms with Crippen molar-refractivity contribution in [2.45, 2.75) is 0 Å². The van der Waals surface area contributed by atoms with Crippen molar-refractivity contribution in [3.8, 4) is 5.69 Å². The van der Waals surface area contributed by atoms with E-state index in [4.69, 9.17) is 0 Å². The van der Waals surface area contributed by atoms with Gasteiger partial charge in [-0.1, -0.05) is 12.1 Å². The number of aromatic nitrogens is 4. The number of benzene rings is 1. The van der Waals surface area contributed by atoms with Gasteiger partial charge in [-0.25, -0.2) is 9.78 Å². The highest BCUT2D eigenvalue weighted by Crippen LogP contribution is 2.15. The zero-order chi connectivity index (χ0) is 12.8. The molecule has 0 saturated carbocycles. The molecular formula is C14H10N4O. The van der Waals surface area contributed by atoms with Crippen LogP contribution in [0, 0.1) is 0 Å². The highest BCUT2D eigenvalue weighted by atomic mass is 16.1. The first kappa shape index (κ1) is 10.1. The van der Waals surface area contributed by atoms with Gasteiger partial charge in [0.25, 0.3) is 0 Å². The fraction of sp³-hybridized carbons (Fsp3) is 0. The maximum absolute atomic E-state index is 12.1. The first-order chi connectivity index (χ1) is 9.33. The largest absolute Gasteiger partial charge is 0.331 e. The minimum absolute atomic E-state index is 0.138. The molecule has 0 amide bonds. The molecule has 1 N–H and O–H groups in total. The van der Waals surface area contributed by atoms with Crippen LogP contribution >= 0.6 is 0 Å². The summed E-state index contributed by atoms with van der Waals surface area (Å²) in [6, 6.07) is 11.4. The van der Waals surface area contributed by atoms with E-state index in [1.807, 2.05) is 53.2 Å². The van der Waals surface area contributed by atoms with Crippen molar-refractivity contribution in [2.75, 3.05) is 0 Å². The smallest absolute Gasteiger partial charge is 0.305 e. The Kier molecular flexibility index (Phi) is 1.91. The van der Waals surface area contributed by atoms with Crippen LogP contribution in [0.15, 0.2) is 59.8 Å². The monoisotopic (exact) mass is 250 g/mol. The summed E-state index contributed by atoms with van der Waals surface area (Å²) in [7, 11) is 0. The molecule has 0 radical (unpaired) electrons. The van der Waals surface area contributed by atoms with Gasteiger partial charge in [0.15, 0.2) is 0 Å². The van der Waals surface area contributed by atoms with Crippen LogP contribution in [-0.2, 0) is 0 Å². The topological polar surface area (TPSA) is 55.1 Å². The van der Waals surface area contributed by atoms with Crippen molar-refractivity contribution in [1.29, 1.82) is 0 Å². The number of aromatic amines is 1. The van der Waals surface area contributed by atoms with E-state index in [1.165, 1.54) is 0 Å². The fourth-order valence-corrected chi connectivity index (χ4v) is 2.35. The van der Waals surface area contributed by atoms with Crippen LogP contribution in [0.3, 0.4) is 0 Å². The standard InChI is InChI=1S/C14H10N4O/c19-14-16-11-3-1-2-4-12(11)18(14)10-5-6-13-15-7-8-17(13)9-10/h1-9H,(H,16,19). The van der Waals surface area contributed by atoms with Crippen molar-refractivity contribution in [1.82, 2.24) is 18.9 Å². The lowest BCUT2D eigenvalue weighted by atomic mass is 10.3. The van der Waals surface area contributed by atoms with Crippen molar-refractivity contribution in [2.24, 2.45) is 0 Å². The molecule has 5 heteroatoms. The zero-order valence-electron chi connectivity index (χ0n) is 9.95. The van der Waals surface area contributed by atoms with Gasteiger partial charge in [0.2, 0.25) is 0 Å². The van der Waals surface area contributed by atoms with Crippen LogP contribution in [0.25, 0.3) is 22.4 Å². The summed E-state index contributed by atoms with van der Waals surface area (Å²) in [5, 5.41) is 0. The molecule has 0 fully saturated rings. The summed E-state index contributed by atoms with van der Waals surface area (Å²) in [4.78, 5) is 19.1. The molecule has 1 aromatic carbocycles. The third-order valence-electron chi connectivity index (χ3n) is 3.22. The van der Waals surface area contributed by atoms with Gasteiger partial charge in [-0.3, -0.25) is 4.57 Å². The second-order valence-corrected chi connectivity index (χ2v) is 4.36. The molecule has 3 aromatic heterocycles. The molecule has 0 aliphatic carbocycles. The third-order valence-corrected chi connectivity index (χ3v) is 3.22. The number of fused-ring (bicyclic) bond motifs is 2. The number of para-hydroxylation sites is 2. The number of pyridine rings is 1. The Morgan fingerprint density at radius 3 is 2.95 bits per heavy atom. The summed E-state index contributed by atoms with van der Waals surface area (Å²) in [6.45, 7) is 0. The van der Waals surface area contributed by atoms with Crippen LogP contribution in [-0.4, -0.2) is 18.9 Å². The van der Waals surface area contributed by atoms with E-state index in [2.05, 4.69) is 9.97 Å². The van der Waals surface area contributed by atoms with Gasteiger partial charge in [-0.15, -0.1) is 0 Å². The van der Waals surface area contributed by atoms with E-state index in [0.717, 1.165) is 22.4 Å². The summed E-state index contributed by atoms with van der Waals surface area (Å²) >= 11 is 0. The molecule has 4 rings (SSSR count). The molecule has 0 unspecified atom stereocenters. The Morgan fingerprint density at radius 1 is 1.11 bits per heavy atom.